The first kappa shape index (κ1) is 27.7. The molecule has 0 N–H and O–H groups in total. The summed E-state index contributed by atoms with van der Waals surface area (Å²) in [6, 6.07) is 39.4. The summed E-state index contributed by atoms with van der Waals surface area (Å²) in [5.74, 6) is -0.484. The summed E-state index contributed by atoms with van der Waals surface area (Å²) in [6.45, 7) is 1.43. The number of cyclic esters (lactones) is 1. The van der Waals surface area contributed by atoms with E-state index in [0.717, 1.165) is 22.3 Å². The first-order valence-corrected chi connectivity index (χ1v) is 13.5. The lowest BCUT2D eigenvalue weighted by molar-refractivity contribution is -0.239. The quantitative estimate of drug-likeness (QED) is 0.198. The monoisotopic (exact) mass is 538 g/mol. The molecule has 4 aromatic carbocycles. The molecule has 0 saturated carbocycles. The van der Waals surface area contributed by atoms with E-state index in [0.29, 0.717) is 19.8 Å². The van der Waals surface area contributed by atoms with E-state index in [1.807, 2.05) is 121 Å². The van der Waals surface area contributed by atoms with Gasteiger partial charge in [-0.2, -0.15) is 0 Å². The van der Waals surface area contributed by atoms with Crippen LogP contribution in [0, 0.1) is 0 Å². The highest BCUT2D eigenvalue weighted by Gasteiger charge is 2.48. The molecule has 5 rings (SSSR count). The van der Waals surface area contributed by atoms with Crippen LogP contribution in [0.3, 0.4) is 0 Å². The van der Waals surface area contributed by atoms with Gasteiger partial charge in [0, 0.05) is 0 Å². The van der Waals surface area contributed by atoms with Gasteiger partial charge in [-0.3, -0.25) is 0 Å². The van der Waals surface area contributed by atoms with Gasteiger partial charge in [-0.25, -0.2) is 4.79 Å². The summed E-state index contributed by atoms with van der Waals surface area (Å²) in [5.41, 5.74) is 3.98. The molecule has 6 heteroatoms. The van der Waals surface area contributed by atoms with Crippen LogP contribution in [0.1, 0.15) is 22.3 Å². The third-order valence-corrected chi connectivity index (χ3v) is 6.73. The second kappa shape index (κ2) is 14.5. The number of ether oxygens (including phenoxy) is 5. The Bertz CT molecular complexity index is 1280. The highest BCUT2D eigenvalue weighted by Crippen LogP contribution is 2.28. The second-order valence-corrected chi connectivity index (χ2v) is 9.72. The highest BCUT2D eigenvalue weighted by atomic mass is 16.6. The molecule has 6 nitrogen and oxygen atoms in total. The molecule has 0 spiro atoms. The van der Waals surface area contributed by atoms with Gasteiger partial charge >= 0.3 is 5.97 Å². The smallest absolute Gasteiger partial charge is 0.338 e. The number of hydrogen-bond acceptors (Lipinski definition) is 6. The molecule has 0 aromatic heterocycles. The molecule has 1 aliphatic rings. The molecule has 1 fully saturated rings. The lowest BCUT2D eigenvalue weighted by atomic mass is 9.98. The molecule has 1 saturated heterocycles. The minimum Gasteiger partial charge on any atom is -0.455 e. The molecule has 4 atom stereocenters. The average Bonchev–Trinajstić information content (AvgIpc) is 3.01. The maximum Gasteiger partial charge on any atom is 0.338 e. The van der Waals surface area contributed by atoms with E-state index in [1.54, 1.807) is 0 Å². The molecule has 0 unspecified atom stereocenters. The Morgan fingerprint density at radius 1 is 0.500 bits per heavy atom. The van der Waals surface area contributed by atoms with Crippen LogP contribution >= 0.6 is 0 Å². The summed E-state index contributed by atoms with van der Waals surface area (Å²) in [7, 11) is 0. The fraction of sp³-hybridized carbons (Fsp3) is 0.265. The van der Waals surface area contributed by atoms with E-state index in [2.05, 4.69) is 0 Å². The van der Waals surface area contributed by atoms with Crippen LogP contribution in [-0.4, -0.2) is 37.0 Å². The molecule has 4 aromatic rings. The molecule has 1 aliphatic heterocycles. The molecular formula is C34H34O6. The Morgan fingerprint density at radius 2 is 0.900 bits per heavy atom. The SMILES string of the molecule is O=C1O[C@@H](COCc2ccccc2)[C@@H](OCc2ccccc2)[C@H](OCc2ccccc2)[C@H]1OCc1ccccc1. The number of carbonyl (C=O) groups is 1. The van der Waals surface area contributed by atoms with Crippen LogP contribution in [-0.2, 0) is 54.9 Å². The van der Waals surface area contributed by atoms with Crippen molar-refractivity contribution in [1.82, 2.24) is 0 Å². The zero-order chi connectivity index (χ0) is 27.4. The normalized spacial score (nSPS) is 20.6. The lowest BCUT2D eigenvalue weighted by Crippen LogP contribution is -2.59. The zero-order valence-electron chi connectivity index (χ0n) is 22.3. The Balaban J connectivity index is 1.36. The number of esters is 1. The van der Waals surface area contributed by atoms with Crippen LogP contribution in [0.25, 0.3) is 0 Å². The topological polar surface area (TPSA) is 63.2 Å². The van der Waals surface area contributed by atoms with Crippen molar-refractivity contribution in [3.8, 4) is 0 Å². The van der Waals surface area contributed by atoms with E-state index < -0.39 is 30.4 Å². The van der Waals surface area contributed by atoms with Gasteiger partial charge in [0.1, 0.15) is 12.2 Å². The van der Waals surface area contributed by atoms with Crippen molar-refractivity contribution in [2.24, 2.45) is 0 Å². The molecular weight excluding hydrogens is 504 g/mol. The Labute approximate surface area is 235 Å². The maximum atomic E-state index is 13.4. The largest absolute Gasteiger partial charge is 0.455 e. The summed E-state index contributed by atoms with van der Waals surface area (Å²) >= 11 is 0. The minimum atomic E-state index is -0.963. The van der Waals surface area contributed by atoms with E-state index in [4.69, 9.17) is 23.7 Å². The maximum absolute atomic E-state index is 13.4. The summed E-state index contributed by atoms with van der Waals surface area (Å²) in [6.07, 6.45) is -2.95. The molecule has 0 aliphatic carbocycles. The van der Waals surface area contributed by atoms with Crippen molar-refractivity contribution in [1.29, 1.82) is 0 Å². The van der Waals surface area contributed by atoms with Crippen molar-refractivity contribution >= 4 is 5.97 Å². The van der Waals surface area contributed by atoms with Crippen molar-refractivity contribution in [2.45, 2.75) is 50.8 Å². The number of rotatable bonds is 13. The van der Waals surface area contributed by atoms with E-state index in [9.17, 15) is 4.79 Å². The van der Waals surface area contributed by atoms with E-state index in [-0.39, 0.29) is 13.2 Å². The molecule has 0 amide bonds. The number of benzene rings is 4. The fourth-order valence-corrected chi connectivity index (χ4v) is 4.64. The van der Waals surface area contributed by atoms with Crippen LogP contribution < -0.4 is 0 Å². The zero-order valence-corrected chi connectivity index (χ0v) is 22.3. The lowest BCUT2D eigenvalue weighted by Gasteiger charge is -2.41. The van der Waals surface area contributed by atoms with Gasteiger partial charge in [-0.05, 0) is 22.3 Å². The van der Waals surface area contributed by atoms with Crippen molar-refractivity contribution in [3.63, 3.8) is 0 Å². The van der Waals surface area contributed by atoms with Crippen molar-refractivity contribution < 1.29 is 28.5 Å². The Hall–Kier alpha value is -3.81. The highest BCUT2D eigenvalue weighted by molar-refractivity contribution is 5.77. The summed E-state index contributed by atoms with van der Waals surface area (Å²) < 4.78 is 31.0. The molecule has 1 heterocycles. The molecule has 0 bridgehead atoms. The predicted octanol–water partition coefficient (Wildman–Crippen LogP) is 5.88. The van der Waals surface area contributed by atoms with E-state index >= 15 is 0 Å². The van der Waals surface area contributed by atoms with Crippen LogP contribution in [0.2, 0.25) is 0 Å². The molecule has 0 radical (unpaired) electrons. The Kier molecular flexibility index (Phi) is 10.1. The molecule has 206 valence electrons. The third kappa shape index (κ3) is 7.87. The van der Waals surface area contributed by atoms with Gasteiger partial charge in [-0.15, -0.1) is 0 Å². The van der Waals surface area contributed by atoms with Crippen molar-refractivity contribution in [2.75, 3.05) is 6.61 Å². The number of carbonyl (C=O) groups excluding carboxylic acids is 1. The second-order valence-electron chi connectivity index (χ2n) is 9.72. The van der Waals surface area contributed by atoms with E-state index in [1.165, 1.54) is 0 Å². The first-order valence-electron chi connectivity index (χ1n) is 13.5. The van der Waals surface area contributed by atoms with Gasteiger partial charge in [0.25, 0.3) is 0 Å². The average molecular weight is 539 g/mol. The van der Waals surface area contributed by atoms with Gasteiger partial charge in [0.2, 0.25) is 0 Å². The van der Waals surface area contributed by atoms with Gasteiger partial charge in [0.15, 0.2) is 12.2 Å². The van der Waals surface area contributed by atoms with Crippen molar-refractivity contribution in [3.05, 3.63) is 144 Å². The van der Waals surface area contributed by atoms with Crippen LogP contribution in [0.15, 0.2) is 121 Å². The standard InChI is InChI=1S/C34H34O6/c35-34-33(39-24-29-19-11-4-12-20-29)32(38-23-28-17-9-3-10-18-28)31(37-22-27-15-7-2-8-16-27)30(40-34)25-36-21-26-13-5-1-6-14-26/h1-20,30-33H,21-25H2/t30-,31+,32-,33+/m0/s1. The first-order chi connectivity index (χ1) is 19.8. The van der Waals surface area contributed by atoms with Gasteiger partial charge < -0.3 is 23.7 Å². The van der Waals surface area contributed by atoms with Crippen LogP contribution in [0.4, 0.5) is 0 Å². The summed E-state index contributed by atoms with van der Waals surface area (Å²) in [4.78, 5) is 13.4. The van der Waals surface area contributed by atoms with Crippen LogP contribution in [0.5, 0.6) is 0 Å². The predicted molar refractivity (Wildman–Crippen MR) is 151 cm³/mol. The number of hydrogen-bond donors (Lipinski definition) is 0. The Morgan fingerprint density at radius 3 is 1.38 bits per heavy atom. The fourth-order valence-electron chi connectivity index (χ4n) is 4.64. The van der Waals surface area contributed by atoms with Gasteiger partial charge in [0.05, 0.1) is 33.0 Å². The molecule has 40 heavy (non-hydrogen) atoms. The third-order valence-electron chi connectivity index (χ3n) is 6.73. The summed E-state index contributed by atoms with van der Waals surface area (Å²) in [5, 5.41) is 0. The minimum absolute atomic E-state index is 0.163. The van der Waals surface area contributed by atoms with Gasteiger partial charge in [-0.1, -0.05) is 121 Å².